The minimum Gasteiger partial charge on any atom is -0.345 e. The number of halogens is 2. The summed E-state index contributed by atoms with van der Waals surface area (Å²) < 4.78 is 13.0. The number of alkyl halides is 1. The smallest absolute Gasteiger partial charge is 0.251 e. The van der Waals surface area contributed by atoms with Gasteiger partial charge in [-0.2, -0.15) is 0 Å². The van der Waals surface area contributed by atoms with Crippen molar-refractivity contribution in [1.82, 2.24) is 5.32 Å². The summed E-state index contributed by atoms with van der Waals surface area (Å²) in [6.45, 7) is 1.64. The first-order valence-corrected chi connectivity index (χ1v) is 5.74. The second-order valence-electron chi connectivity index (χ2n) is 4.33. The Kier molecular flexibility index (Phi) is 2.89. The monoisotopic (exact) mass is 241 g/mol. The van der Waals surface area contributed by atoms with Crippen LogP contribution in [0.15, 0.2) is 18.2 Å². The summed E-state index contributed by atoms with van der Waals surface area (Å²) in [6.07, 6.45) is 1.84. The van der Waals surface area contributed by atoms with Crippen molar-refractivity contribution in [2.45, 2.75) is 25.3 Å². The number of carbonyl (C=O) groups is 1. The van der Waals surface area contributed by atoms with Gasteiger partial charge in [0.15, 0.2) is 0 Å². The zero-order valence-electron chi connectivity index (χ0n) is 9.02. The first-order valence-electron chi connectivity index (χ1n) is 5.21. The molecule has 0 aliphatic heterocycles. The van der Waals surface area contributed by atoms with Gasteiger partial charge < -0.3 is 5.32 Å². The van der Waals surface area contributed by atoms with E-state index in [0.717, 1.165) is 12.8 Å². The molecule has 16 heavy (non-hydrogen) atoms. The van der Waals surface area contributed by atoms with Gasteiger partial charge in [-0.3, -0.25) is 4.79 Å². The fourth-order valence-electron chi connectivity index (χ4n) is 1.54. The Balaban J connectivity index is 2.12. The quantitative estimate of drug-likeness (QED) is 0.810. The molecule has 1 N–H and O–H groups in total. The highest BCUT2D eigenvalue weighted by molar-refractivity contribution is 6.19. The van der Waals surface area contributed by atoms with E-state index in [4.69, 9.17) is 11.6 Å². The first kappa shape index (κ1) is 11.4. The molecule has 0 unspecified atom stereocenters. The highest BCUT2D eigenvalue weighted by atomic mass is 35.5. The standard InChI is InChI=1S/C12H13ClFNO/c1-8-6-9(2-3-10(8)14)11(16)15-12(7-13)4-5-12/h2-3,6H,4-5,7H2,1H3,(H,15,16). The van der Waals surface area contributed by atoms with Crippen LogP contribution in [0.1, 0.15) is 28.8 Å². The lowest BCUT2D eigenvalue weighted by Gasteiger charge is -2.14. The van der Waals surface area contributed by atoms with E-state index in [1.165, 1.54) is 12.1 Å². The second kappa shape index (κ2) is 4.06. The molecule has 0 spiro atoms. The molecule has 86 valence electrons. The molecule has 0 bridgehead atoms. The summed E-state index contributed by atoms with van der Waals surface area (Å²) in [7, 11) is 0. The minimum absolute atomic E-state index is 0.179. The van der Waals surface area contributed by atoms with E-state index >= 15 is 0 Å². The van der Waals surface area contributed by atoms with Crippen molar-refractivity contribution in [3.05, 3.63) is 35.1 Å². The molecular formula is C12H13ClFNO. The third-order valence-corrected chi connectivity index (χ3v) is 3.42. The molecular weight excluding hydrogens is 229 g/mol. The molecule has 4 heteroatoms. The number of hydrogen-bond acceptors (Lipinski definition) is 1. The van der Waals surface area contributed by atoms with E-state index in [1.54, 1.807) is 13.0 Å². The molecule has 1 fully saturated rings. The van der Waals surface area contributed by atoms with Crippen LogP contribution >= 0.6 is 11.6 Å². The lowest BCUT2D eigenvalue weighted by molar-refractivity contribution is 0.0936. The Hall–Kier alpha value is -1.09. The third-order valence-electron chi connectivity index (χ3n) is 2.91. The lowest BCUT2D eigenvalue weighted by atomic mass is 10.1. The summed E-state index contributed by atoms with van der Waals surface area (Å²) in [5.74, 6) is -0.0462. The van der Waals surface area contributed by atoms with Gasteiger partial charge in [0.2, 0.25) is 0 Å². The van der Waals surface area contributed by atoms with Gasteiger partial charge >= 0.3 is 0 Å². The number of rotatable bonds is 3. The maximum Gasteiger partial charge on any atom is 0.251 e. The third kappa shape index (κ3) is 2.19. The van der Waals surface area contributed by atoms with Gasteiger partial charge in [0.05, 0.1) is 5.54 Å². The van der Waals surface area contributed by atoms with Crippen molar-refractivity contribution in [2.75, 3.05) is 5.88 Å². The molecule has 0 heterocycles. The molecule has 0 saturated heterocycles. The molecule has 1 aromatic carbocycles. The van der Waals surface area contributed by atoms with Crippen molar-refractivity contribution < 1.29 is 9.18 Å². The summed E-state index contributed by atoms with van der Waals surface area (Å²) in [6, 6.07) is 4.35. The van der Waals surface area contributed by atoms with Crippen molar-refractivity contribution in [2.24, 2.45) is 0 Å². The topological polar surface area (TPSA) is 29.1 Å². The maximum absolute atomic E-state index is 13.0. The zero-order valence-corrected chi connectivity index (χ0v) is 9.77. The van der Waals surface area contributed by atoms with Crippen molar-refractivity contribution >= 4 is 17.5 Å². The maximum atomic E-state index is 13.0. The van der Waals surface area contributed by atoms with Crippen LogP contribution in [0.25, 0.3) is 0 Å². The molecule has 1 aromatic rings. The number of hydrogen-bond donors (Lipinski definition) is 1. The van der Waals surface area contributed by atoms with E-state index < -0.39 is 0 Å². The van der Waals surface area contributed by atoms with Crippen LogP contribution in [-0.2, 0) is 0 Å². The predicted molar refractivity (Wildman–Crippen MR) is 61.3 cm³/mol. The molecule has 1 saturated carbocycles. The molecule has 2 rings (SSSR count). The average molecular weight is 242 g/mol. The molecule has 0 aromatic heterocycles. The second-order valence-corrected chi connectivity index (χ2v) is 4.60. The predicted octanol–water partition coefficient (Wildman–Crippen LogP) is 2.64. The van der Waals surface area contributed by atoms with Crippen molar-refractivity contribution in [1.29, 1.82) is 0 Å². The molecule has 2 nitrogen and oxygen atoms in total. The fraction of sp³-hybridized carbons (Fsp3) is 0.417. The van der Waals surface area contributed by atoms with Crippen LogP contribution < -0.4 is 5.32 Å². The van der Waals surface area contributed by atoms with Crippen molar-refractivity contribution in [3.8, 4) is 0 Å². The van der Waals surface area contributed by atoms with Crippen LogP contribution in [0.2, 0.25) is 0 Å². The average Bonchev–Trinajstić information content (AvgIpc) is 3.02. The van der Waals surface area contributed by atoms with Gasteiger partial charge in [-0.15, -0.1) is 11.6 Å². The van der Waals surface area contributed by atoms with Gasteiger partial charge in [-0.05, 0) is 43.5 Å². The lowest BCUT2D eigenvalue weighted by Crippen LogP contribution is -2.38. The van der Waals surface area contributed by atoms with Crippen LogP contribution in [-0.4, -0.2) is 17.3 Å². The zero-order chi connectivity index (χ0) is 11.8. The van der Waals surface area contributed by atoms with E-state index in [0.29, 0.717) is 17.0 Å². The number of amides is 1. The number of nitrogens with one attached hydrogen (secondary N) is 1. The number of carbonyl (C=O) groups excluding carboxylic acids is 1. The number of benzene rings is 1. The Morgan fingerprint density at radius 1 is 1.56 bits per heavy atom. The fourth-order valence-corrected chi connectivity index (χ4v) is 1.88. The Morgan fingerprint density at radius 2 is 2.25 bits per heavy atom. The minimum atomic E-state index is -0.296. The van der Waals surface area contributed by atoms with Gasteiger partial charge in [0.1, 0.15) is 5.82 Å². The van der Waals surface area contributed by atoms with Crippen LogP contribution in [0.5, 0.6) is 0 Å². The van der Waals surface area contributed by atoms with Crippen LogP contribution in [0, 0.1) is 12.7 Å². The van der Waals surface area contributed by atoms with Crippen LogP contribution in [0.3, 0.4) is 0 Å². The van der Waals surface area contributed by atoms with Crippen molar-refractivity contribution in [3.63, 3.8) is 0 Å². The number of aryl methyl sites for hydroxylation is 1. The van der Waals surface area contributed by atoms with E-state index in [2.05, 4.69) is 5.32 Å². The van der Waals surface area contributed by atoms with Gasteiger partial charge in [-0.25, -0.2) is 4.39 Å². The summed E-state index contributed by atoms with van der Waals surface area (Å²) in [4.78, 5) is 11.8. The van der Waals surface area contributed by atoms with E-state index in [9.17, 15) is 9.18 Å². The van der Waals surface area contributed by atoms with Crippen LogP contribution in [0.4, 0.5) is 4.39 Å². The molecule has 1 aliphatic rings. The Bertz CT molecular complexity index is 429. The molecule has 1 aliphatic carbocycles. The van der Waals surface area contributed by atoms with Gasteiger partial charge in [0.25, 0.3) is 5.91 Å². The van der Waals surface area contributed by atoms with E-state index in [1.807, 2.05) is 0 Å². The van der Waals surface area contributed by atoms with Gasteiger partial charge in [0, 0.05) is 11.4 Å². The summed E-state index contributed by atoms with van der Waals surface area (Å²) >= 11 is 5.77. The molecule has 1 amide bonds. The SMILES string of the molecule is Cc1cc(C(=O)NC2(CCl)CC2)ccc1F. The first-order chi connectivity index (χ1) is 7.56. The van der Waals surface area contributed by atoms with E-state index in [-0.39, 0.29) is 17.3 Å². The summed E-state index contributed by atoms with van der Waals surface area (Å²) in [5, 5.41) is 2.89. The molecule has 0 radical (unpaired) electrons. The summed E-state index contributed by atoms with van der Waals surface area (Å²) in [5.41, 5.74) is 0.736. The highest BCUT2D eigenvalue weighted by Gasteiger charge is 2.43. The Morgan fingerprint density at radius 3 is 2.75 bits per heavy atom. The normalized spacial score (nSPS) is 16.9. The molecule has 0 atom stereocenters. The largest absolute Gasteiger partial charge is 0.345 e. The van der Waals surface area contributed by atoms with Gasteiger partial charge in [-0.1, -0.05) is 0 Å². The highest BCUT2D eigenvalue weighted by Crippen LogP contribution is 2.36. The Labute approximate surface area is 98.8 Å².